The van der Waals surface area contributed by atoms with Crippen LogP contribution >= 0.6 is 0 Å². The maximum absolute atomic E-state index is 3.59. The number of piperidine rings is 1. The van der Waals surface area contributed by atoms with E-state index in [-0.39, 0.29) is 0 Å². The molecule has 2 saturated heterocycles. The monoisotopic (exact) mass is 224 g/mol. The fourth-order valence-corrected chi connectivity index (χ4v) is 3.26. The molecule has 1 N–H and O–H groups in total. The molecule has 2 aliphatic rings. The molecule has 2 aliphatic heterocycles. The zero-order valence-corrected chi connectivity index (χ0v) is 11.0. The van der Waals surface area contributed by atoms with Gasteiger partial charge in [-0.15, -0.1) is 0 Å². The van der Waals surface area contributed by atoms with E-state index < -0.39 is 0 Å². The Kier molecular flexibility index (Phi) is 4.66. The largest absolute Gasteiger partial charge is 0.315 e. The molecule has 0 aromatic rings. The van der Waals surface area contributed by atoms with Crippen molar-refractivity contribution in [3.05, 3.63) is 0 Å². The summed E-state index contributed by atoms with van der Waals surface area (Å²) in [6.07, 6.45) is 7.06. The Morgan fingerprint density at radius 1 is 1.06 bits per heavy atom. The molecule has 0 saturated carbocycles. The van der Waals surface area contributed by atoms with E-state index in [1.807, 2.05) is 0 Å². The van der Waals surface area contributed by atoms with Gasteiger partial charge in [-0.05, 0) is 57.2 Å². The lowest BCUT2D eigenvalue weighted by molar-refractivity contribution is 0.111. The minimum Gasteiger partial charge on any atom is -0.315 e. The first kappa shape index (κ1) is 12.4. The average molecular weight is 224 g/mol. The van der Waals surface area contributed by atoms with Crippen molar-refractivity contribution in [3.63, 3.8) is 0 Å². The van der Waals surface area contributed by atoms with E-state index in [0.717, 1.165) is 17.9 Å². The first-order chi connectivity index (χ1) is 7.77. The molecule has 0 bridgehead atoms. The number of hydrogen-bond donors (Lipinski definition) is 1. The third-order valence-corrected chi connectivity index (χ3v) is 4.55. The summed E-state index contributed by atoms with van der Waals surface area (Å²) in [4.78, 5) is 2.75. The predicted octanol–water partition coefficient (Wildman–Crippen LogP) is 2.50. The maximum atomic E-state index is 3.59. The standard InChI is InChI=1S/C14H28N2/c1-12(2)13-6-9-16(10-7-13)14-5-3-4-8-15-11-14/h12-15H,3-11H2,1-2H3. The van der Waals surface area contributed by atoms with Gasteiger partial charge >= 0.3 is 0 Å². The van der Waals surface area contributed by atoms with E-state index in [9.17, 15) is 0 Å². The number of nitrogens with one attached hydrogen (secondary N) is 1. The van der Waals surface area contributed by atoms with E-state index in [1.54, 1.807) is 0 Å². The molecule has 2 heterocycles. The molecule has 0 radical (unpaired) electrons. The predicted molar refractivity (Wildman–Crippen MR) is 69.6 cm³/mol. The second-order valence-corrected chi connectivity index (χ2v) is 5.97. The lowest BCUT2D eigenvalue weighted by Gasteiger charge is -2.38. The fourth-order valence-electron chi connectivity index (χ4n) is 3.26. The van der Waals surface area contributed by atoms with Gasteiger partial charge in [-0.2, -0.15) is 0 Å². The van der Waals surface area contributed by atoms with E-state index in [0.29, 0.717) is 0 Å². The summed E-state index contributed by atoms with van der Waals surface area (Å²) in [6, 6.07) is 0.829. The van der Waals surface area contributed by atoms with Gasteiger partial charge in [0.05, 0.1) is 0 Å². The van der Waals surface area contributed by atoms with Crippen molar-refractivity contribution in [3.8, 4) is 0 Å². The third-order valence-electron chi connectivity index (χ3n) is 4.55. The van der Waals surface area contributed by atoms with Crippen LogP contribution in [0.1, 0.15) is 46.0 Å². The smallest absolute Gasteiger partial charge is 0.0220 e. The molecule has 2 fully saturated rings. The van der Waals surface area contributed by atoms with Crippen LogP contribution in [0.5, 0.6) is 0 Å². The van der Waals surface area contributed by atoms with Gasteiger partial charge in [0.15, 0.2) is 0 Å². The Hall–Kier alpha value is -0.0800. The summed E-state index contributed by atoms with van der Waals surface area (Å²) >= 11 is 0. The zero-order chi connectivity index (χ0) is 11.4. The Balaban J connectivity index is 1.78. The number of nitrogens with zero attached hydrogens (tertiary/aromatic N) is 1. The molecule has 94 valence electrons. The quantitative estimate of drug-likeness (QED) is 0.775. The average Bonchev–Trinajstić information content (AvgIpc) is 2.57. The molecule has 0 aromatic carbocycles. The van der Waals surface area contributed by atoms with Gasteiger partial charge in [0, 0.05) is 12.6 Å². The van der Waals surface area contributed by atoms with Gasteiger partial charge in [0.2, 0.25) is 0 Å². The summed E-state index contributed by atoms with van der Waals surface area (Å²) in [5.41, 5.74) is 0. The van der Waals surface area contributed by atoms with Crippen LogP contribution in [0.3, 0.4) is 0 Å². The fraction of sp³-hybridized carbons (Fsp3) is 1.00. The van der Waals surface area contributed by atoms with Crippen LogP contribution in [-0.2, 0) is 0 Å². The van der Waals surface area contributed by atoms with Gasteiger partial charge in [0.1, 0.15) is 0 Å². The van der Waals surface area contributed by atoms with Crippen LogP contribution in [-0.4, -0.2) is 37.1 Å². The number of hydrogen-bond acceptors (Lipinski definition) is 2. The van der Waals surface area contributed by atoms with E-state index in [2.05, 4.69) is 24.1 Å². The SMILES string of the molecule is CC(C)C1CCN(C2CCCCNC2)CC1. The van der Waals surface area contributed by atoms with Crippen molar-refractivity contribution in [2.75, 3.05) is 26.2 Å². The number of rotatable bonds is 2. The molecule has 0 aliphatic carbocycles. The van der Waals surface area contributed by atoms with Crippen LogP contribution < -0.4 is 5.32 Å². The second-order valence-electron chi connectivity index (χ2n) is 5.97. The molecule has 0 spiro atoms. The molecule has 2 heteroatoms. The summed E-state index contributed by atoms with van der Waals surface area (Å²) in [5.74, 6) is 1.87. The highest BCUT2D eigenvalue weighted by molar-refractivity contribution is 4.82. The molecular weight excluding hydrogens is 196 g/mol. The first-order valence-electron chi connectivity index (χ1n) is 7.22. The van der Waals surface area contributed by atoms with Crippen molar-refractivity contribution in [2.24, 2.45) is 11.8 Å². The molecule has 2 rings (SSSR count). The first-order valence-corrected chi connectivity index (χ1v) is 7.22. The van der Waals surface area contributed by atoms with Crippen molar-refractivity contribution in [2.45, 2.75) is 52.0 Å². The van der Waals surface area contributed by atoms with Crippen LogP contribution in [0.25, 0.3) is 0 Å². The van der Waals surface area contributed by atoms with E-state index >= 15 is 0 Å². The summed E-state index contributed by atoms with van der Waals surface area (Å²) in [7, 11) is 0. The molecular formula is C14H28N2. The molecule has 1 unspecified atom stereocenters. The van der Waals surface area contributed by atoms with Gasteiger partial charge in [0.25, 0.3) is 0 Å². The Labute approximate surface area is 101 Å². The highest BCUT2D eigenvalue weighted by Gasteiger charge is 2.26. The summed E-state index contributed by atoms with van der Waals surface area (Å²) in [5, 5.41) is 3.59. The number of likely N-dealkylation sites (tertiary alicyclic amines) is 1. The van der Waals surface area contributed by atoms with Gasteiger partial charge < -0.3 is 5.32 Å². The summed E-state index contributed by atoms with van der Waals surface area (Å²) < 4.78 is 0. The Morgan fingerprint density at radius 2 is 1.81 bits per heavy atom. The van der Waals surface area contributed by atoms with Crippen molar-refractivity contribution in [1.29, 1.82) is 0 Å². The van der Waals surface area contributed by atoms with Crippen LogP contribution in [0, 0.1) is 11.8 Å². The Morgan fingerprint density at radius 3 is 2.50 bits per heavy atom. The van der Waals surface area contributed by atoms with Crippen molar-refractivity contribution in [1.82, 2.24) is 10.2 Å². The van der Waals surface area contributed by atoms with Crippen LogP contribution in [0.2, 0.25) is 0 Å². The van der Waals surface area contributed by atoms with Crippen molar-refractivity contribution >= 4 is 0 Å². The highest BCUT2D eigenvalue weighted by atomic mass is 15.2. The topological polar surface area (TPSA) is 15.3 Å². The zero-order valence-electron chi connectivity index (χ0n) is 11.0. The molecule has 0 amide bonds. The van der Waals surface area contributed by atoms with Crippen molar-refractivity contribution < 1.29 is 0 Å². The maximum Gasteiger partial charge on any atom is 0.0220 e. The molecule has 0 aromatic heterocycles. The lowest BCUT2D eigenvalue weighted by atomic mass is 9.86. The minimum absolute atomic E-state index is 0.829. The van der Waals surface area contributed by atoms with Crippen LogP contribution in [0.4, 0.5) is 0 Å². The van der Waals surface area contributed by atoms with Crippen LogP contribution in [0.15, 0.2) is 0 Å². The van der Waals surface area contributed by atoms with Gasteiger partial charge in [-0.1, -0.05) is 20.3 Å². The van der Waals surface area contributed by atoms with E-state index in [4.69, 9.17) is 0 Å². The molecule has 16 heavy (non-hydrogen) atoms. The van der Waals surface area contributed by atoms with Gasteiger partial charge in [-0.25, -0.2) is 0 Å². The summed E-state index contributed by atoms with van der Waals surface area (Å²) in [6.45, 7) is 9.91. The lowest BCUT2D eigenvalue weighted by Crippen LogP contribution is -2.46. The normalized spacial score (nSPS) is 30.6. The highest BCUT2D eigenvalue weighted by Crippen LogP contribution is 2.26. The molecule has 1 atom stereocenters. The van der Waals surface area contributed by atoms with E-state index in [1.165, 1.54) is 58.3 Å². The Bertz CT molecular complexity index is 187. The van der Waals surface area contributed by atoms with Gasteiger partial charge in [-0.3, -0.25) is 4.90 Å². The minimum atomic E-state index is 0.829. The molecule has 2 nitrogen and oxygen atoms in total. The third kappa shape index (κ3) is 3.21. The second kappa shape index (κ2) is 6.02.